The zero-order chi connectivity index (χ0) is 14.5. The van der Waals surface area contributed by atoms with Crippen LogP contribution in [0.1, 0.15) is 19.3 Å². The molecule has 1 aliphatic rings. The molecule has 0 saturated carbocycles. The zero-order valence-corrected chi connectivity index (χ0v) is 10.8. The van der Waals surface area contributed by atoms with Crippen molar-refractivity contribution in [2.24, 2.45) is 0 Å². The number of nitro benzene ring substituents is 2. The predicted octanol–water partition coefficient (Wildman–Crippen LogP) is 2.48. The third-order valence-electron chi connectivity index (χ3n) is 3.19. The van der Waals surface area contributed by atoms with E-state index in [-0.39, 0.29) is 17.5 Å². The molecule has 1 aromatic carbocycles. The van der Waals surface area contributed by atoms with Crippen LogP contribution in [-0.4, -0.2) is 29.1 Å². The number of nitro groups is 2. The van der Waals surface area contributed by atoms with Crippen LogP contribution in [0.25, 0.3) is 0 Å². The minimum Gasteiger partial charge on any atom is -0.379 e. The van der Waals surface area contributed by atoms with Gasteiger partial charge in [0.25, 0.3) is 11.4 Å². The summed E-state index contributed by atoms with van der Waals surface area (Å²) < 4.78 is 5.46. The van der Waals surface area contributed by atoms with Crippen LogP contribution in [0.4, 0.5) is 17.1 Å². The van der Waals surface area contributed by atoms with Gasteiger partial charge in [0.2, 0.25) is 0 Å². The molecular weight excluding hydrogens is 266 g/mol. The topological polar surface area (TPSA) is 108 Å². The molecule has 8 heteroatoms. The molecule has 0 spiro atoms. The normalized spacial score (nSPS) is 17.9. The van der Waals surface area contributed by atoms with Crippen LogP contribution in [0, 0.1) is 20.2 Å². The highest BCUT2D eigenvalue weighted by molar-refractivity contribution is 5.65. The first-order valence-corrected chi connectivity index (χ1v) is 6.36. The first-order chi connectivity index (χ1) is 9.58. The van der Waals surface area contributed by atoms with Crippen molar-refractivity contribution in [3.05, 3.63) is 38.4 Å². The molecule has 0 aliphatic carbocycles. The lowest BCUT2D eigenvalue weighted by Crippen LogP contribution is -2.13. The fourth-order valence-electron chi connectivity index (χ4n) is 2.17. The highest BCUT2D eigenvalue weighted by Crippen LogP contribution is 2.29. The van der Waals surface area contributed by atoms with Gasteiger partial charge >= 0.3 is 0 Å². The van der Waals surface area contributed by atoms with Gasteiger partial charge in [-0.1, -0.05) is 0 Å². The van der Waals surface area contributed by atoms with Gasteiger partial charge in [-0.2, -0.15) is 0 Å². The van der Waals surface area contributed by atoms with Gasteiger partial charge in [-0.3, -0.25) is 20.2 Å². The first kappa shape index (κ1) is 14.2. The van der Waals surface area contributed by atoms with E-state index >= 15 is 0 Å². The number of rotatable bonds is 6. The van der Waals surface area contributed by atoms with Gasteiger partial charge in [0.1, 0.15) is 5.69 Å². The van der Waals surface area contributed by atoms with Crippen LogP contribution < -0.4 is 5.32 Å². The maximum absolute atomic E-state index is 10.9. The molecule has 20 heavy (non-hydrogen) atoms. The van der Waals surface area contributed by atoms with E-state index < -0.39 is 9.85 Å². The number of benzene rings is 1. The molecule has 1 heterocycles. The average molecular weight is 281 g/mol. The van der Waals surface area contributed by atoms with Crippen molar-refractivity contribution < 1.29 is 14.6 Å². The number of ether oxygens (including phenoxy) is 1. The van der Waals surface area contributed by atoms with E-state index in [0.29, 0.717) is 12.2 Å². The monoisotopic (exact) mass is 281 g/mol. The Morgan fingerprint density at radius 2 is 2.10 bits per heavy atom. The van der Waals surface area contributed by atoms with Gasteiger partial charge in [-0.05, 0) is 25.3 Å². The quantitative estimate of drug-likeness (QED) is 0.634. The van der Waals surface area contributed by atoms with Crippen LogP contribution in [0.5, 0.6) is 0 Å². The van der Waals surface area contributed by atoms with Crippen LogP contribution in [-0.2, 0) is 4.74 Å². The van der Waals surface area contributed by atoms with Gasteiger partial charge in [-0.15, -0.1) is 0 Å². The van der Waals surface area contributed by atoms with Crippen LogP contribution >= 0.6 is 0 Å². The second-order valence-electron chi connectivity index (χ2n) is 4.57. The van der Waals surface area contributed by atoms with E-state index in [1.807, 2.05) is 0 Å². The Morgan fingerprint density at radius 3 is 2.70 bits per heavy atom. The summed E-state index contributed by atoms with van der Waals surface area (Å²) in [6.07, 6.45) is 3.00. The molecular formula is C12H15N3O5. The van der Waals surface area contributed by atoms with Crippen molar-refractivity contribution in [1.29, 1.82) is 0 Å². The fourth-order valence-corrected chi connectivity index (χ4v) is 2.17. The Bertz CT molecular complexity index is 514. The summed E-state index contributed by atoms with van der Waals surface area (Å²) in [5.41, 5.74) is -0.286. The van der Waals surface area contributed by atoms with Crippen molar-refractivity contribution in [2.75, 3.05) is 18.5 Å². The molecule has 108 valence electrons. The molecule has 0 aromatic heterocycles. The summed E-state index contributed by atoms with van der Waals surface area (Å²) in [6, 6.07) is 3.58. The summed E-state index contributed by atoms with van der Waals surface area (Å²) in [4.78, 5) is 20.3. The molecule has 8 nitrogen and oxygen atoms in total. The highest BCUT2D eigenvalue weighted by Gasteiger charge is 2.20. The Hall–Kier alpha value is -2.22. The van der Waals surface area contributed by atoms with Crippen molar-refractivity contribution in [3.63, 3.8) is 0 Å². The Labute approximate surface area is 115 Å². The predicted molar refractivity (Wildman–Crippen MR) is 71.8 cm³/mol. The third kappa shape index (κ3) is 3.41. The highest BCUT2D eigenvalue weighted by atomic mass is 16.6. The van der Waals surface area contributed by atoms with Gasteiger partial charge in [0.05, 0.1) is 22.0 Å². The zero-order valence-electron chi connectivity index (χ0n) is 10.8. The molecule has 1 aliphatic heterocycles. The average Bonchev–Trinajstić information content (AvgIpc) is 2.91. The number of nitrogens with zero attached hydrogens (tertiary/aromatic N) is 2. The number of non-ortho nitro benzene ring substituents is 1. The lowest BCUT2D eigenvalue weighted by atomic mass is 10.2. The Morgan fingerprint density at radius 1 is 1.30 bits per heavy atom. The molecule has 1 fully saturated rings. The molecule has 1 unspecified atom stereocenters. The van der Waals surface area contributed by atoms with Crippen LogP contribution in [0.15, 0.2) is 18.2 Å². The Balaban J connectivity index is 2.02. The Kier molecular flexibility index (Phi) is 4.46. The molecule has 1 N–H and O–H groups in total. The lowest BCUT2D eigenvalue weighted by Gasteiger charge is -2.11. The molecule has 1 aromatic rings. The summed E-state index contributed by atoms with van der Waals surface area (Å²) in [6.45, 7) is 1.30. The molecule has 0 amide bonds. The SMILES string of the molecule is O=[N+]([O-])c1ccc(NCCC2CCCO2)c([N+](=O)[O-])c1. The maximum Gasteiger partial charge on any atom is 0.299 e. The minimum absolute atomic E-state index is 0.194. The maximum atomic E-state index is 10.9. The fraction of sp³-hybridized carbons (Fsp3) is 0.500. The van der Waals surface area contributed by atoms with Gasteiger partial charge in [-0.25, -0.2) is 0 Å². The van der Waals surface area contributed by atoms with Crippen molar-refractivity contribution in [3.8, 4) is 0 Å². The minimum atomic E-state index is -0.650. The van der Waals surface area contributed by atoms with E-state index in [2.05, 4.69) is 5.32 Å². The molecule has 0 radical (unpaired) electrons. The molecule has 1 atom stereocenters. The van der Waals surface area contributed by atoms with Gasteiger partial charge in [0, 0.05) is 19.2 Å². The van der Waals surface area contributed by atoms with Crippen molar-refractivity contribution in [2.45, 2.75) is 25.4 Å². The van der Waals surface area contributed by atoms with Gasteiger partial charge in [0.15, 0.2) is 0 Å². The second-order valence-corrected chi connectivity index (χ2v) is 4.57. The van der Waals surface area contributed by atoms with Gasteiger partial charge < -0.3 is 10.1 Å². The van der Waals surface area contributed by atoms with Crippen LogP contribution in [0.2, 0.25) is 0 Å². The number of anilines is 1. The largest absolute Gasteiger partial charge is 0.379 e. The van der Waals surface area contributed by atoms with E-state index in [4.69, 9.17) is 4.74 Å². The van der Waals surface area contributed by atoms with E-state index in [0.717, 1.165) is 31.9 Å². The third-order valence-corrected chi connectivity index (χ3v) is 3.19. The summed E-state index contributed by atoms with van der Waals surface area (Å²) in [5.74, 6) is 0. The van der Waals surface area contributed by atoms with Crippen LogP contribution in [0.3, 0.4) is 0 Å². The smallest absolute Gasteiger partial charge is 0.299 e. The standard InChI is InChI=1S/C12H15N3O5/c16-14(17)9-3-4-11(12(8-9)15(18)19)13-6-5-10-2-1-7-20-10/h3-4,8,10,13H,1-2,5-7H2. The molecule has 2 rings (SSSR count). The molecule has 1 saturated heterocycles. The van der Waals surface area contributed by atoms with E-state index in [1.54, 1.807) is 0 Å². The van der Waals surface area contributed by atoms with E-state index in [9.17, 15) is 20.2 Å². The number of nitrogens with one attached hydrogen (secondary N) is 1. The molecule has 0 bridgehead atoms. The number of hydrogen-bond donors (Lipinski definition) is 1. The summed E-state index contributed by atoms with van der Waals surface area (Å²) in [5, 5.41) is 24.5. The first-order valence-electron chi connectivity index (χ1n) is 6.36. The van der Waals surface area contributed by atoms with Crippen molar-refractivity contribution in [1.82, 2.24) is 0 Å². The van der Waals surface area contributed by atoms with Crippen molar-refractivity contribution >= 4 is 17.1 Å². The van der Waals surface area contributed by atoms with E-state index in [1.165, 1.54) is 12.1 Å². The summed E-state index contributed by atoms with van der Waals surface area (Å²) in [7, 11) is 0. The lowest BCUT2D eigenvalue weighted by molar-refractivity contribution is -0.393. The number of hydrogen-bond acceptors (Lipinski definition) is 6. The second kappa shape index (κ2) is 6.29. The summed E-state index contributed by atoms with van der Waals surface area (Å²) >= 11 is 0.